The van der Waals surface area contributed by atoms with Crippen LogP contribution in [0.1, 0.15) is 44.2 Å². The first-order chi connectivity index (χ1) is 14.7. The molecule has 0 aliphatic heterocycles. The van der Waals surface area contributed by atoms with Crippen LogP contribution in [0.5, 0.6) is 5.75 Å². The minimum atomic E-state index is -0.315. The molecule has 1 N–H and O–H groups in total. The second kappa shape index (κ2) is 9.75. The van der Waals surface area contributed by atoms with Crippen molar-refractivity contribution in [1.29, 1.82) is 0 Å². The monoisotopic (exact) mass is 423 g/mol. The first-order valence-corrected chi connectivity index (χ1v) is 11.1. The zero-order chi connectivity index (χ0) is 20.8. The van der Waals surface area contributed by atoms with Gasteiger partial charge in [0.15, 0.2) is 0 Å². The Hall–Kier alpha value is -2.87. The van der Waals surface area contributed by atoms with Crippen LogP contribution in [-0.4, -0.2) is 31.4 Å². The van der Waals surface area contributed by atoms with Gasteiger partial charge in [0.1, 0.15) is 12.4 Å². The van der Waals surface area contributed by atoms with Gasteiger partial charge in [0.05, 0.1) is 11.3 Å². The Morgan fingerprint density at radius 3 is 2.63 bits per heavy atom. The van der Waals surface area contributed by atoms with Crippen molar-refractivity contribution in [2.24, 2.45) is 0 Å². The lowest BCUT2D eigenvalue weighted by atomic mass is 10.2. The number of rotatable bonds is 8. The Labute approximate surface area is 180 Å². The van der Waals surface area contributed by atoms with Crippen molar-refractivity contribution in [2.75, 3.05) is 5.32 Å². The van der Waals surface area contributed by atoms with E-state index in [4.69, 9.17) is 4.74 Å². The molecule has 30 heavy (non-hydrogen) atoms. The third kappa shape index (κ3) is 5.18. The van der Waals surface area contributed by atoms with Gasteiger partial charge < -0.3 is 10.1 Å². The zero-order valence-corrected chi connectivity index (χ0v) is 17.7. The third-order valence-corrected chi connectivity index (χ3v) is 6.20. The third-order valence-electron chi connectivity index (χ3n) is 5.15. The van der Waals surface area contributed by atoms with Gasteiger partial charge in [-0.05, 0) is 60.0 Å². The summed E-state index contributed by atoms with van der Waals surface area (Å²) in [5, 5.41) is 15.4. The predicted molar refractivity (Wildman–Crippen MR) is 116 cm³/mol. The number of nitrogens with zero attached hydrogens (tertiary/aromatic N) is 4. The second-order valence-electron chi connectivity index (χ2n) is 7.39. The van der Waals surface area contributed by atoms with Crippen LogP contribution < -0.4 is 10.1 Å². The number of carbonyl (C=O) groups is 1. The molecule has 1 atom stereocenters. The molecule has 1 amide bonds. The van der Waals surface area contributed by atoms with Crippen LogP contribution in [0.4, 0.5) is 5.69 Å². The highest BCUT2D eigenvalue weighted by Gasteiger charge is 2.24. The number of thioether (sulfide) groups is 1. The highest BCUT2D eigenvalue weighted by Crippen LogP contribution is 2.32. The lowest BCUT2D eigenvalue weighted by molar-refractivity contribution is -0.115. The van der Waals surface area contributed by atoms with Crippen LogP contribution in [0.15, 0.2) is 59.8 Å². The maximum Gasteiger partial charge on any atom is 0.237 e. The number of ether oxygens (including phenoxy) is 1. The standard InChI is InChI=1S/C22H25N5O2S/c1-16(30-22-24-25-26-27(22)19-9-5-6-10-19)21(28)23-18-11-13-20(14-12-18)29-15-17-7-3-2-4-8-17/h2-4,7-8,11-14,16,19H,5-6,9-10,15H2,1H3,(H,23,28). The van der Waals surface area contributed by atoms with E-state index >= 15 is 0 Å². The van der Waals surface area contributed by atoms with E-state index in [-0.39, 0.29) is 11.2 Å². The van der Waals surface area contributed by atoms with Crippen LogP contribution in [0.3, 0.4) is 0 Å². The molecule has 1 fully saturated rings. The quantitative estimate of drug-likeness (QED) is 0.538. The molecule has 1 saturated carbocycles. The van der Waals surface area contributed by atoms with E-state index in [1.165, 1.54) is 24.6 Å². The van der Waals surface area contributed by atoms with Crippen molar-refractivity contribution < 1.29 is 9.53 Å². The SMILES string of the molecule is CC(Sc1nnnn1C1CCCC1)C(=O)Nc1ccc(OCc2ccccc2)cc1. The Kier molecular flexibility index (Phi) is 6.63. The van der Waals surface area contributed by atoms with Crippen molar-refractivity contribution in [3.8, 4) is 5.75 Å². The van der Waals surface area contributed by atoms with E-state index in [1.54, 1.807) is 0 Å². The topological polar surface area (TPSA) is 81.9 Å². The summed E-state index contributed by atoms with van der Waals surface area (Å²) in [5.41, 5.74) is 1.84. The number of benzene rings is 2. The molecule has 1 heterocycles. The minimum absolute atomic E-state index is 0.0843. The van der Waals surface area contributed by atoms with Crippen molar-refractivity contribution in [3.63, 3.8) is 0 Å². The summed E-state index contributed by atoms with van der Waals surface area (Å²) in [6.45, 7) is 2.38. The van der Waals surface area contributed by atoms with E-state index in [2.05, 4.69) is 20.8 Å². The van der Waals surface area contributed by atoms with Crippen molar-refractivity contribution in [1.82, 2.24) is 20.2 Å². The fraction of sp³-hybridized carbons (Fsp3) is 0.364. The number of tetrazole rings is 1. The van der Waals surface area contributed by atoms with Crippen LogP contribution >= 0.6 is 11.8 Å². The first-order valence-electron chi connectivity index (χ1n) is 10.2. The van der Waals surface area contributed by atoms with Crippen LogP contribution in [-0.2, 0) is 11.4 Å². The molecule has 156 valence electrons. The van der Waals surface area contributed by atoms with Gasteiger partial charge in [-0.3, -0.25) is 4.79 Å². The Balaban J connectivity index is 1.29. The molecule has 7 nitrogen and oxygen atoms in total. The summed E-state index contributed by atoms with van der Waals surface area (Å²) in [5.74, 6) is 0.675. The Bertz CT molecular complexity index is 955. The number of anilines is 1. The number of hydrogen-bond acceptors (Lipinski definition) is 6. The lowest BCUT2D eigenvalue weighted by Gasteiger charge is -2.14. The molecule has 3 aromatic rings. The summed E-state index contributed by atoms with van der Waals surface area (Å²) < 4.78 is 7.67. The van der Waals surface area contributed by atoms with Crippen LogP contribution in [0, 0.1) is 0 Å². The lowest BCUT2D eigenvalue weighted by Crippen LogP contribution is -2.23. The molecule has 8 heteroatoms. The average molecular weight is 424 g/mol. The number of hydrogen-bond donors (Lipinski definition) is 1. The van der Waals surface area contributed by atoms with E-state index < -0.39 is 0 Å². The summed E-state index contributed by atoms with van der Waals surface area (Å²) in [7, 11) is 0. The number of aromatic nitrogens is 4. The van der Waals surface area contributed by atoms with Crippen molar-refractivity contribution in [2.45, 2.75) is 55.7 Å². The highest BCUT2D eigenvalue weighted by atomic mass is 32.2. The van der Waals surface area contributed by atoms with Gasteiger partial charge in [-0.2, -0.15) is 0 Å². The van der Waals surface area contributed by atoms with Gasteiger partial charge >= 0.3 is 0 Å². The summed E-state index contributed by atoms with van der Waals surface area (Å²) in [6.07, 6.45) is 4.60. The Morgan fingerprint density at radius 1 is 1.17 bits per heavy atom. The van der Waals surface area contributed by atoms with E-state index in [0.717, 1.165) is 29.8 Å². The van der Waals surface area contributed by atoms with Crippen LogP contribution in [0.25, 0.3) is 0 Å². The number of nitrogens with one attached hydrogen (secondary N) is 1. The van der Waals surface area contributed by atoms with Gasteiger partial charge in [0.2, 0.25) is 11.1 Å². The number of carbonyl (C=O) groups excluding carboxylic acids is 1. The fourth-order valence-corrected chi connectivity index (χ4v) is 4.33. The zero-order valence-electron chi connectivity index (χ0n) is 16.9. The van der Waals surface area contributed by atoms with Gasteiger partial charge in [-0.25, -0.2) is 4.68 Å². The van der Waals surface area contributed by atoms with Gasteiger partial charge in [-0.15, -0.1) is 5.10 Å². The summed E-state index contributed by atoms with van der Waals surface area (Å²) in [4.78, 5) is 12.6. The summed E-state index contributed by atoms with van der Waals surface area (Å²) in [6, 6.07) is 17.8. The van der Waals surface area contributed by atoms with E-state index in [0.29, 0.717) is 17.8 Å². The van der Waals surface area contributed by atoms with E-state index in [1.807, 2.05) is 66.2 Å². The smallest absolute Gasteiger partial charge is 0.237 e. The van der Waals surface area contributed by atoms with Gasteiger partial charge in [0, 0.05) is 5.69 Å². The number of amides is 1. The maximum absolute atomic E-state index is 12.6. The second-order valence-corrected chi connectivity index (χ2v) is 8.70. The molecule has 1 aliphatic carbocycles. The molecule has 0 spiro atoms. The predicted octanol–water partition coefficient (Wildman–Crippen LogP) is 4.49. The molecule has 1 aliphatic rings. The molecular formula is C22H25N5O2S. The van der Waals surface area contributed by atoms with Gasteiger partial charge in [-0.1, -0.05) is 54.9 Å². The van der Waals surface area contributed by atoms with Crippen molar-refractivity contribution >= 4 is 23.4 Å². The Morgan fingerprint density at radius 2 is 1.90 bits per heavy atom. The molecule has 0 saturated heterocycles. The molecular weight excluding hydrogens is 398 g/mol. The van der Waals surface area contributed by atoms with Crippen LogP contribution in [0.2, 0.25) is 0 Å². The maximum atomic E-state index is 12.6. The first kappa shape index (κ1) is 20.4. The molecule has 1 unspecified atom stereocenters. The average Bonchev–Trinajstić information content (AvgIpc) is 3.46. The molecule has 2 aromatic carbocycles. The molecule has 0 bridgehead atoms. The molecule has 0 radical (unpaired) electrons. The molecule has 1 aromatic heterocycles. The van der Waals surface area contributed by atoms with Gasteiger partial charge in [0.25, 0.3) is 0 Å². The summed E-state index contributed by atoms with van der Waals surface area (Å²) >= 11 is 1.39. The normalized spacial score (nSPS) is 15.1. The fourth-order valence-electron chi connectivity index (χ4n) is 3.47. The molecule has 4 rings (SSSR count). The minimum Gasteiger partial charge on any atom is -0.489 e. The van der Waals surface area contributed by atoms with Crippen molar-refractivity contribution in [3.05, 3.63) is 60.2 Å². The van der Waals surface area contributed by atoms with E-state index in [9.17, 15) is 4.79 Å². The highest BCUT2D eigenvalue weighted by molar-refractivity contribution is 8.00. The largest absolute Gasteiger partial charge is 0.489 e.